The van der Waals surface area contributed by atoms with E-state index in [1.54, 1.807) is 30.3 Å². The van der Waals surface area contributed by atoms with Crippen molar-refractivity contribution in [2.24, 2.45) is 11.6 Å². The number of carbonyl (C=O) groups excluding carboxylic acids is 1. The fraction of sp³-hybridized carbons (Fsp3) is 0.214. The second-order valence-electron chi connectivity index (χ2n) is 4.74. The van der Waals surface area contributed by atoms with Crippen molar-refractivity contribution in [3.63, 3.8) is 0 Å². The average Bonchev–Trinajstić information content (AvgIpc) is 2.47. The lowest BCUT2D eigenvalue weighted by Crippen LogP contribution is -2.11. The second kappa shape index (κ2) is 6.19. The van der Waals surface area contributed by atoms with E-state index in [4.69, 9.17) is 16.3 Å². The Bertz CT molecular complexity index is 640. The van der Waals surface area contributed by atoms with Gasteiger partial charge in [0.15, 0.2) is 0 Å². The Morgan fingerprint density at radius 3 is 2.43 bits per heavy atom. The Morgan fingerprint density at radius 2 is 1.90 bits per heavy atom. The van der Waals surface area contributed by atoms with Gasteiger partial charge < -0.3 is 15.9 Å². The SMILES string of the molecule is CC(C)c1nc(NN)cc(Oc2ccc(C(N)=O)cc2)n1. The molecule has 2 rings (SSSR count). The first kappa shape index (κ1) is 14.7. The molecule has 0 atom stereocenters. The summed E-state index contributed by atoms with van der Waals surface area (Å²) in [5.41, 5.74) is 8.08. The monoisotopic (exact) mass is 287 g/mol. The highest BCUT2D eigenvalue weighted by molar-refractivity contribution is 5.92. The van der Waals surface area contributed by atoms with Gasteiger partial charge in [0.2, 0.25) is 11.8 Å². The molecule has 0 bridgehead atoms. The molecule has 0 aliphatic heterocycles. The fourth-order valence-electron chi connectivity index (χ4n) is 1.64. The second-order valence-corrected chi connectivity index (χ2v) is 4.74. The van der Waals surface area contributed by atoms with Gasteiger partial charge in [-0.2, -0.15) is 4.98 Å². The number of nitrogen functional groups attached to an aromatic ring is 1. The predicted octanol–water partition coefficient (Wildman–Crippen LogP) is 1.78. The lowest BCUT2D eigenvalue weighted by Gasteiger charge is -2.10. The van der Waals surface area contributed by atoms with Gasteiger partial charge in [0, 0.05) is 17.5 Å². The summed E-state index contributed by atoms with van der Waals surface area (Å²) in [4.78, 5) is 19.6. The maximum absolute atomic E-state index is 11.0. The minimum atomic E-state index is -0.486. The van der Waals surface area contributed by atoms with Crippen LogP contribution in [0.1, 0.15) is 35.9 Å². The van der Waals surface area contributed by atoms with Crippen molar-refractivity contribution in [1.82, 2.24) is 9.97 Å². The summed E-state index contributed by atoms with van der Waals surface area (Å²) in [5, 5.41) is 0. The summed E-state index contributed by atoms with van der Waals surface area (Å²) < 4.78 is 5.65. The minimum Gasteiger partial charge on any atom is -0.439 e. The van der Waals surface area contributed by atoms with Crippen molar-refractivity contribution in [3.8, 4) is 11.6 Å². The Balaban J connectivity index is 2.25. The van der Waals surface area contributed by atoms with Gasteiger partial charge in [-0.25, -0.2) is 10.8 Å². The van der Waals surface area contributed by atoms with Crippen LogP contribution < -0.4 is 21.7 Å². The molecular weight excluding hydrogens is 270 g/mol. The van der Waals surface area contributed by atoms with Crippen LogP contribution in [0.3, 0.4) is 0 Å². The number of carbonyl (C=O) groups is 1. The van der Waals surface area contributed by atoms with Crippen LogP contribution in [0, 0.1) is 0 Å². The van der Waals surface area contributed by atoms with Crippen LogP contribution in [0.2, 0.25) is 0 Å². The van der Waals surface area contributed by atoms with Crippen LogP contribution in [0.5, 0.6) is 11.6 Å². The van der Waals surface area contributed by atoms with Gasteiger partial charge in [0.1, 0.15) is 17.4 Å². The number of ether oxygens (including phenoxy) is 1. The summed E-state index contributed by atoms with van der Waals surface area (Å²) in [6.07, 6.45) is 0. The molecule has 0 aliphatic carbocycles. The number of aromatic nitrogens is 2. The minimum absolute atomic E-state index is 0.137. The molecule has 0 spiro atoms. The quantitative estimate of drug-likeness (QED) is 0.570. The summed E-state index contributed by atoms with van der Waals surface area (Å²) in [7, 11) is 0. The molecule has 0 saturated heterocycles. The number of primary amides is 1. The van der Waals surface area contributed by atoms with E-state index in [0.717, 1.165) is 0 Å². The van der Waals surface area contributed by atoms with Gasteiger partial charge in [-0.15, -0.1) is 0 Å². The number of hydrogen-bond acceptors (Lipinski definition) is 6. The number of nitrogens with zero attached hydrogens (tertiary/aromatic N) is 2. The Kier molecular flexibility index (Phi) is 4.34. The highest BCUT2D eigenvalue weighted by Crippen LogP contribution is 2.23. The number of rotatable bonds is 5. The molecule has 2 aromatic rings. The van der Waals surface area contributed by atoms with Crippen LogP contribution in [-0.2, 0) is 0 Å². The van der Waals surface area contributed by atoms with E-state index in [2.05, 4.69) is 15.4 Å². The third kappa shape index (κ3) is 3.67. The molecular formula is C14H17N5O2. The zero-order chi connectivity index (χ0) is 15.4. The van der Waals surface area contributed by atoms with Gasteiger partial charge in [-0.3, -0.25) is 4.79 Å². The number of amides is 1. The lowest BCUT2D eigenvalue weighted by atomic mass is 10.2. The highest BCUT2D eigenvalue weighted by atomic mass is 16.5. The summed E-state index contributed by atoms with van der Waals surface area (Å²) in [6, 6.07) is 8.06. The molecule has 21 heavy (non-hydrogen) atoms. The number of hydrazine groups is 1. The smallest absolute Gasteiger partial charge is 0.248 e. The molecule has 0 unspecified atom stereocenters. The van der Waals surface area contributed by atoms with Crippen molar-refractivity contribution < 1.29 is 9.53 Å². The van der Waals surface area contributed by atoms with Crippen molar-refractivity contribution in [3.05, 3.63) is 41.7 Å². The van der Waals surface area contributed by atoms with E-state index in [9.17, 15) is 4.79 Å². The first-order valence-corrected chi connectivity index (χ1v) is 6.43. The van der Waals surface area contributed by atoms with Crippen LogP contribution in [-0.4, -0.2) is 15.9 Å². The molecule has 5 N–H and O–H groups in total. The van der Waals surface area contributed by atoms with Gasteiger partial charge in [-0.1, -0.05) is 13.8 Å². The van der Waals surface area contributed by atoms with Crippen molar-refractivity contribution in [2.45, 2.75) is 19.8 Å². The number of benzene rings is 1. The molecule has 1 aromatic heterocycles. The maximum Gasteiger partial charge on any atom is 0.248 e. The summed E-state index contributed by atoms with van der Waals surface area (Å²) >= 11 is 0. The Morgan fingerprint density at radius 1 is 1.24 bits per heavy atom. The molecule has 1 aromatic carbocycles. The van der Waals surface area contributed by atoms with Gasteiger partial charge in [0.25, 0.3) is 0 Å². The van der Waals surface area contributed by atoms with Crippen LogP contribution in [0.15, 0.2) is 30.3 Å². The van der Waals surface area contributed by atoms with Crippen molar-refractivity contribution >= 4 is 11.7 Å². The normalized spacial score (nSPS) is 10.5. The van der Waals surface area contributed by atoms with E-state index in [1.165, 1.54) is 0 Å². The predicted molar refractivity (Wildman–Crippen MR) is 79.0 cm³/mol. The van der Waals surface area contributed by atoms with E-state index in [0.29, 0.717) is 28.8 Å². The summed E-state index contributed by atoms with van der Waals surface area (Å²) in [5.74, 6) is 7.03. The molecule has 7 heteroatoms. The number of hydrogen-bond donors (Lipinski definition) is 3. The zero-order valence-electron chi connectivity index (χ0n) is 11.8. The van der Waals surface area contributed by atoms with Crippen LogP contribution in [0.4, 0.5) is 5.82 Å². The topological polar surface area (TPSA) is 116 Å². The third-order valence-corrected chi connectivity index (χ3v) is 2.75. The molecule has 0 saturated carbocycles. The number of nitrogens with two attached hydrogens (primary N) is 2. The van der Waals surface area contributed by atoms with Crippen molar-refractivity contribution in [1.29, 1.82) is 0 Å². The van der Waals surface area contributed by atoms with Crippen LogP contribution in [0.25, 0.3) is 0 Å². The molecule has 1 amide bonds. The van der Waals surface area contributed by atoms with Crippen LogP contribution >= 0.6 is 0 Å². The Labute approximate surface area is 122 Å². The highest BCUT2D eigenvalue weighted by Gasteiger charge is 2.09. The molecule has 7 nitrogen and oxygen atoms in total. The number of nitrogens with one attached hydrogen (secondary N) is 1. The van der Waals surface area contributed by atoms with E-state index in [1.807, 2.05) is 13.8 Å². The maximum atomic E-state index is 11.0. The number of anilines is 1. The molecule has 110 valence electrons. The lowest BCUT2D eigenvalue weighted by molar-refractivity contribution is 0.100. The third-order valence-electron chi connectivity index (χ3n) is 2.75. The summed E-state index contributed by atoms with van der Waals surface area (Å²) in [6.45, 7) is 3.95. The van der Waals surface area contributed by atoms with E-state index >= 15 is 0 Å². The first-order valence-electron chi connectivity index (χ1n) is 6.43. The first-order chi connectivity index (χ1) is 9.99. The van der Waals surface area contributed by atoms with Gasteiger partial charge in [-0.05, 0) is 24.3 Å². The van der Waals surface area contributed by atoms with Crippen molar-refractivity contribution in [2.75, 3.05) is 5.43 Å². The zero-order valence-corrected chi connectivity index (χ0v) is 11.8. The average molecular weight is 287 g/mol. The standard InChI is InChI=1S/C14H17N5O2/c1-8(2)14-17-11(19-16)7-12(18-14)21-10-5-3-9(4-6-10)13(15)20/h3-8H,16H2,1-2H3,(H2,15,20)(H,17,18,19). The molecule has 0 aliphatic rings. The largest absolute Gasteiger partial charge is 0.439 e. The Hall–Kier alpha value is -2.67. The fourth-order valence-corrected chi connectivity index (χ4v) is 1.64. The molecule has 0 radical (unpaired) electrons. The van der Waals surface area contributed by atoms with Gasteiger partial charge >= 0.3 is 0 Å². The van der Waals surface area contributed by atoms with E-state index < -0.39 is 5.91 Å². The molecule has 1 heterocycles. The van der Waals surface area contributed by atoms with E-state index in [-0.39, 0.29) is 5.92 Å². The van der Waals surface area contributed by atoms with Gasteiger partial charge in [0.05, 0.1) is 0 Å². The molecule has 0 fully saturated rings.